The maximum atomic E-state index is 12.2. The smallest absolute Gasteiger partial charge is 0.326 e. The average Bonchev–Trinajstić information content (AvgIpc) is 3.40. The van der Waals surface area contributed by atoms with Crippen LogP contribution in [-0.2, 0) is 17.8 Å². The molecule has 0 aliphatic rings. The van der Waals surface area contributed by atoms with E-state index in [9.17, 15) is 14.7 Å². The zero-order valence-corrected chi connectivity index (χ0v) is 16.0. The Morgan fingerprint density at radius 3 is 2.67 bits per heavy atom. The second kappa shape index (κ2) is 8.52. The zero-order chi connectivity index (χ0) is 20.9. The number of nitrogens with zero attached hydrogens (tertiary/aromatic N) is 1. The maximum absolute atomic E-state index is 12.2. The molecule has 0 aliphatic carbocycles. The molecule has 0 spiro atoms. The van der Waals surface area contributed by atoms with Crippen LogP contribution < -0.4 is 10.6 Å². The van der Waals surface area contributed by atoms with Crippen molar-refractivity contribution < 1.29 is 19.1 Å². The summed E-state index contributed by atoms with van der Waals surface area (Å²) in [5.74, 6) is -0.194. The van der Waals surface area contributed by atoms with Crippen molar-refractivity contribution in [3.8, 4) is 11.3 Å². The Kier molecular flexibility index (Phi) is 5.47. The fraction of sp³-hybridized carbons (Fsp3) is 0.136. The molecule has 4 aromatic rings. The van der Waals surface area contributed by atoms with Gasteiger partial charge >= 0.3 is 12.0 Å². The number of urea groups is 1. The number of rotatable bonds is 7. The number of aromatic nitrogens is 2. The van der Waals surface area contributed by atoms with Crippen LogP contribution in [0.5, 0.6) is 0 Å². The molecule has 8 nitrogen and oxygen atoms in total. The van der Waals surface area contributed by atoms with Crippen LogP contribution in [0.25, 0.3) is 22.2 Å². The Labute approximate surface area is 171 Å². The average molecular weight is 404 g/mol. The van der Waals surface area contributed by atoms with Gasteiger partial charge in [-0.2, -0.15) is 0 Å². The van der Waals surface area contributed by atoms with Gasteiger partial charge in [-0.05, 0) is 11.6 Å². The van der Waals surface area contributed by atoms with Gasteiger partial charge in [-0.15, -0.1) is 0 Å². The second-order valence-corrected chi connectivity index (χ2v) is 6.77. The number of carbonyl (C=O) groups excluding carboxylic acids is 1. The van der Waals surface area contributed by atoms with Gasteiger partial charge in [-0.3, -0.25) is 0 Å². The highest BCUT2D eigenvalue weighted by Gasteiger charge is 2.22. The number of hydrogen-bond donors (Lipinski definition) is 4. The van der Waals surface area contributed by atoms with Crippen molar-refractivity contribution in [2.45, 2.75) is 19.0 Å². The number of para-hydroxylation sites is 1. The molecule has 0 fully saturated rings. The first-order chi connectivity index (χ1) is 14.6. The van der Waals surface area contributed by atoms with Gasteiger partial charge in [0.25, 0.3) is 0 Å². The third-order valence-corrected chi connectivity index (χ3v) is 4.71. The van der Waals surface area contributed by atoms with E-state index in [4.69, 9.17) is 4.42 Å². The predicted molar refractivity (Wildman–Crippen MR) is 111 cm³/mol. The molecule has 30 heavy (non-hydrogen) atoms. The second-order valence-electron chi connectivity index (χ2n) is 6.77. The van der Waals surface area contributed by atoms with E-state index in [1.165, 1.54) is 0 Å². The lowest BCUT2D eigenvalue weighted by Crippen LogP contribution is -2.46. The van der Waals surface area contributed by atoms with Gasteiger partial charge < -0.3 is 25.1 Å². The van der Waals surface area contributed by atoms with Crippen LogP contribution in [0.2, 0.25) is 0 Å². The van der Waals surface area contributed by atoms with Crippen molar-refractivity contribution in [1.29, 1.82) is 0 Å². The third kappa shape index (κ3) is 4.33. The van der Waals surface area contributed by atoms with Crippen molar-refractivity contribution in [1.82, 2.24) is 20.6 Å². The van der Waals surface area contributed by atoms with E-state index in [0.29, 0.717) is 11.7 Å². The lowest BCUT2D eigenvalue weighted by Gasteiger charge is -2.14. The zero-order valence-electron chi connectivity index (χ0n) is 16.0. The molecule has 8 heteroatoms. The molecule has 4 N–H and O–H groups in total. The first-order valence-electron chi connectivity index (χ1n) is 9.42. The van der Waals surface area contributed by atoms with Gasteiger partial charge in [-0.1, -0.05) is 48.5 Å². The normalized spacial score (nSPS) is 11.9. The highest BCUT2D eigenvalue weighted by atomic mass is 16.4. The molecule has 0 unspecified atom stereocenters. The topological polar surface area (TPSA) is 120 Å². The maximum Gasteiger partial charge on any atom is 0.326 e. The van der Waals surface area contributed by atoms with E-state index >= 15 is 0 Å². The molecule has 0 saturated carbocycles. The number of nitrogens with one attached hydrogen (secondary N) is 3. The summed E-state index contributed by atoms with van der Waals surface area (Å²) in [5.41, 5.74) is 2.61. The fourth-order valence-corrected chi connectivity index (χ4v) is 3.21. The van der Waals surface area contributed by atoms with E-state index < -0.39 is 18.0 Å². The predicted octanol–water partition coefficient (Wildman–Crippen LogP) is 3.32. The number of carbonyl (C=O) groups is 2. The minimum absolute atomic E-state index is 0.0398. The first-order valence-corrected chi connectivity index (χ1v) is 9.42. The van der Waals surface area contributed by atoms with Crippen LogP contribution in [0.15, 0.2) is 71.4 Å². The summed E-state index contributed by atoms with van der Waals surface area (Å²) < 4.78 is 5.63. The van der Waals surface area contributed by atoms with Crippen LogP contribution >= 0.6 is 0 Å². The SMILES string of the molecule is O=C(NCc1ncc(-c2ccccc2)o1)N[C@H](Cc1c[nH]c2ccccc12)C(=O)O. The van der Waals surface area contributed by atoms with Crippen LogP contribution in [0, 0.1) is 0 Å². The lowest BCUT2D eigenvalue weighted by atomic mass is 10.1. The van der Waals surface area contributed by atoms with Gasteiger partial charge in [-0.25, -0.2) is 14.6 Å². The first kappa shape index (κ1) is 19.3. The number of oxazole rings is 1. The molecule has 2 aromatic carbocycles. The monoisotopic (exact) mass is 404 g/mol. The van der Waals surface area contributed by atoms with Crippen LogP contribution in [0.1, 0.15) is 11.5 Å². The largest absolute Gasteiger partial charge is 0.480 e. The highest BCUT2D eigenvalue weighted by Crippen LogP contribution is 2.20. The number of carboxylic acid groups (broad SMARTS) is 1. The lowest BCUT2D eigenvalue weighted by molar-refractivity contribution is -0.139. The van der Waals surface area contributed by atoms with Crippen LogP contribution in [0.4, 0.5) is 4.79 Å². The van der Waals surface area contributed by atoms with E-state index in [2.05, 4.69) is 20.6 Å². The van der Waals surface area contributed by atoms with Crippen molar-refractivity contribution in [2.24, 2.45) is 0 Å². The van der Waals surface area contributed by atoms with E-state index in [0.717, 1.165) is 22.0 Å². The summed E-state index contributed by atoms with van der Waals surface area (Å²) in [4.78, 5) is 31.1. The molecule has 2 amide bonds. The minimum atomic E-state index is -1.11. The Hall–Kier alpha value is -4.07. The molecular formula is C22H20N4O4. The number of aliphatic carboxylic acids is 1. The molecule has 4 rings (SSSR count). The van der Waals surface area contributed by atoms with Crippen molar-refractivity contribution >= 4 is 22.9 Å². The number of fused-ring (bicyclic) bond motifs is 1. The van der Waals surface area contributed by atoms with E-state index in [1.807, 2.05) is 54.6 Å². The van der Waals surface area contributed by atoms with Crippen LogP contribution in [0.3, 0.4) is 0 Å². The van der Waals surface area contributed by atoms with E-state index in [1.54, 1.807) is 12.4 Å². The number of benzene rings is 2. The number of H-pyrrole nitrogens is 1. The van der Waals surface area contributed by atoms with Gasteiger partial charge in [0.2, 0.25) is 5.89 Å². The molecule has 2 aromatic heterocycles. The summed E-state index contributed by atoms with van der Waals surface area (Å²) >= 11 is 0. The molecule has 0 radical (unpaired) electrons. The number of aromatic amines is 1. The van der Waals surface area contributed by atoms with E-state index in [-0.39, 0.29) is 13.0 Å². The van der Waals surface area contributed by atoms with Crippen molar-refractivity contribution in [3.63, 3.8) is 0 Å². The Bertz CT molecular complexity index is 1170. The summed E-state index contributed by atoms with van der Waals surface area (Å²) in [6.07, 6.45) is 3.50. The molecular weight excluding hydrogens is 384 g/mol. The standard InChI is InChI=1S/C22H20N4O4/c27-21(28)18(10-15-11-23-17-9-5-4-8-16(15)17)26-22(29)25-13-20-24-12-19(30-20)14-6-2-1-3-7-14/h1-9,11-12,18,23H,10,13H2,(H,27,28)(H2,25,26,29)/t18-/m1/s1. The third-order valence-electron chi connectivity index (χ3n) is 4.71. The quantitative estimate of drug-likeness (QED) is 0.377. The van der Waals surface area contributed by atoms with Gasteiger partial charge in [0.05, 0.1) is 12.7 Å². The summed E-state index contributed by atoms with van der Waals surface area (Å²) in [6, 6.07) is 15.4. The number of carboxylic acids is 1. The highest BCUT2D eigenvalue weighted by molar-refractivity contribution is 5.86. The molecule has 0 aliphatic heterocycles. The molecule has 152 valence electrons. The molecule has 1 atom stereocenters. The Morgan fingerprint density at radius 2 is 1.87 bits per heavy atom. The summed E-state index contributed by atoms with van der Waals surface area (Å²) in [7, 11) is 0. The Balaban J connectivity index is 1.36. The van der Waals surface area contributed by atoms with Gasteiger partial charge in [0, 0.05) is 29.1 Å². The summed E-state index contributed by atoms with van der Waals surface area (Å²) in [5, 5.41) is 15.5. The fourth-order valence-electron chi connectivity index (χ4n) is 3.21. The van der Waals surface area contributed by atoms with Crippen molar-refractivity contribution in [2.75, 3.05) is 0 Å². The van der Waals surface area contributed by atoms with Gasteiger partial charge in [0.15, 0.2) is 5.76 Å². The molecule has 0 saturated heterocycles. The minimum Gasteiger partial charge on any atom is -0.480 e. The number of amides is 2. The number of hydrogen-bond acceptors (Lipinski definition) is 4. The molecule has 2 heterocycles. The molecule has 0 bridgehead atoms. The van der Waals surface area contributed by atoms with Crippen molar-refractivity contribution in [3.05, 3.63) is 78.4 Å². The van der Waals surface area contributed by atoms with Gasteiger partial charge in [0.1, 0.15) is 6.04 Å². The van der Waals surface area contributed by atoms with Crippen LogP contribution in [-0.4, -0.2) is 33.1 Å². The summed E-state index contributed by atoms with van der Waals surface area (Å²) in [6.45, 7) is 0.0398. The Morgan fingerprint density at radius 1 is 1.10 bits per heavy atom.